The van der Waals surface area contributed by atoms with Crippen molar-refractivity contribution in [3.63, 3.8) is 0 Å². The topological polar surface area (TPSA) is 41.1 Å². The number of hydrogen-bond donors (Lipinski definition) is 2. The lowest BCUT2D eigenvalue weighted by molar-refractivity contribution is -0.134. The molecule has 0 atom stereocenters. The van der Waals surface area contributed by atoms with Crippen LogP contribution in [0.5, 0.6) is 0 Å². The first-order chi connectivity index (χ1) is 8.37. The number of hydrogen-bond acceptors (Lipinski definition) is 2. The molecule has 0 aromatic heterocycles. The maximum absolute atomic E-state index is 11.9. The molecule has 2 N–H and O–H groups in total. The van der Waals surface area contributed by atoms with Gasteiger partial charge in [-0.1, -0.05) is 6.07 Å². The smallest absolute Gasteiger partial charge is 0.385 e. The molecule has 0 aliphatic rings. The fraction of sp³-hybridized carbons (Fsp3) is 0.417. The number of halogens is 3. The van der Waals surface area contributed by atoms with Gasteiger partial charge in [-0.2, -0.15) is 13.2 Å². The minimum absolute atomic E-state index is 0.0217. The number of carbonyl (C=O) groups is 1. The molecule has 1 amide bonds. The van der Waals surface area contributed by atoms with Crippen LogP contribution in [0.1, 0.15) is 19.8 Å². The van der Waals surface area contributed by atoms with Gasteiger partial charge >= 0.3 is 6.18 Å². The Hall–Kier alpha value is -1.72. The van der Waals surface area contributed by atoms with Crippen LogP contribution in [0.4, 0.5) is 24.5 Å². The van der Waals surface area contributed by atoms with Gasteiger partial charge in [-0.3, -0.25) is 4.79 Å². The molecule has 1 aromatic carbocycles. The fourth-order valence-electron chi connectivity index (χ4n) is 1.43. The third-order valence-electron chi connectivity index (χ3n) is 2.15. The maximum Gasteiger partial charge on any atom is 0.389 e. The van der Waals surface area contributed by atoms with Gasteiger partial charge in [0.2, 0.25) is 5.91 Å². The third kappa shape index (κ3) is 6.12. The second kappa shape index (κ2) is 6.28. The number of benzene rings is 1. The average Bonchev–Trinajstić information content (AvgIpc) is 2.23. The summed E-state index contributed by atoms with van der Waals surface area (Å²) >= 11 is 0. The van der Waals surface area contributed by atoms with Gasteiger partial charge in [0.25, 0.3) is 0 Å². The molecular formula is C12H15F3N2O. The number of carbonyl (C=O) groups excluding carboxylic acids is 1. The zero-order chi connectivity index (χ0) is 13.6. The zero-order valence-corrected chi connectivity index (χ0v) is 9.97. The molecule has 0 radical (unpaired) electrons. The number of amides is 1. The number of nitrogens with one attached hydrogen (secondary N) is 2. The van der Waals surface area contributed by atoms with Crippen LogP contribution >= 0.6 is 0 Å². The molecule has 0 spiro atoms. The van der Waals surface area contributed by atoms with E-state index in [1.807, 2.05) is 0 Å². The first-order valence-corrected chi connectivity index (χ1v) is 5.55. The van der Waals surface area contributed by atoms with Crippen LogP contribution in [-0.2, 0) is 4.79 Å². The number of alkyl halides is 3. The summed E-state index contributed by atoms with van der Waals surface area (Å²) in [4.78, 5) is 10.8. The molecule has 0 aliphatic carbocycles. The molecule has 18 heavy (non-hydrogen) atoms. The van der Waals surface area contributed by atoms with Crippen molar-refractivity contribution in [1.29, 1.82) is 0 Å². The maximum atomic E-state index is 11.9. The number of anilines is 2. The van der Waals surface area contributed by atoms with E-state index in [1.54, 1.807) is 24.3 Å². The summed E-state index contributed by atoms with van der Waals surface area (Å²) in [6, 6.07) is 6.84. The van der Waals surface area contributed by atoms with Gasteiger partial charge in [0.05, 0.1) is 0 Å². The van der Waals surface area contributed by atoms with E-state index in [9.17, 15) is 18.0 Å². The van der Waals surface area contributed by atoms with Crippen LogP contribution < -0.4 is 10.6 Å². The monoisotopic (exact) mass is 260 g/mol. The lowest BCUT2D eigenvalue weighted by Gasteiger charge is -2.09. The van der Waals surface area contributed by atoms with Crippen LogP contribution in [0, 0.1) is 0 Å². The molecule has 6 heteroatoms. The zero-order valence-electron chi connectivity index (χ0n) is 9.97. The van der Waals surface area contributed by atoms with Crippen molar-refractivity contribution in [2.24, 2.45) is 0 Å². The first-order valence-electron chi connectivity index (χ1n) is 5.55. The highest BCUT2D eigenvalue weighted by Crippen LogP contribution is 2.21. The van der Waals surface area contributed by atoms with Crippen LogP contribution in [-0.4, -0.2) is 18.6 Å². The second-order valence-electron chi connectivity index (χ2n) is 3.91. The van der Waals surface area contributed by atoms with Gasteiger partial charge in [-0.25, -0.2) is 0 Å². The van der Waals surface area contributed by atoms with E-state index in [0.29, 0.717) is 11.4 Å². The van der Waals surface area contributed by atoms with Crippen molar-refractivity contribution in [2.45, 2.75) is 25.9 Å². The molecular weight excluding hydrogens is 245 g/mol. The van der Waals surface area contributed by atoms with E-state index in [1.165, 1.54) is 6.92 Å². The minimum atomic E-state index is -4.11. The second-order valence-corrected chi connectivity index (χ2v) is 3.91. The predicted molar refractivity (Wildman–Crippen MR) is 64.5 cm³/mol. The van der Waals surface area contributed by atoms with E-state index in [2.05, 4.69) is 10.6 Å². The molecule has 3 nitrogen and oxygen atoms in total. The van der Waals surface area contributed by atoms with Gasteiger partial charge < -0.3 is 10.6 Å². The van der Waals surface area contributed by atoms with Crippen LogP contribution in [0.15, 0.2) is 24.3 Å². The van der Waals surface area contributed by atoms with Crippen LogP contribution in [0.2, 0.25) is 0 Å². The minimum Gasteiger partial charge on any atom is -0.385 e. The summed E-state index contributed by atoms with van der Waals surface area (Å²) in [5.74, 6) is -0.191. The highest BCUT2D eigenvalue weighted by molar-refractivity contribution is 5.89. The molecule has 100 valence electrons. The molecule has 1 aromatic rings. The highest BCUT2D eigenvalue weighted by atomic mass is 19.4. The Kier molecular flexibility index (Phi) is 5.00. The standard InChI is InChI=1S/C12H15F3N2O/c1-9(18)17-11-5-2-4-10(8-11)16-7-3-6-12(13,14)15/h2,4-5,8,16H,3,6-7H2,1H3,(H,17,18). The quantitative estimate of drug-likeness (QED) is 0.797. The summed E-state index contributed by atoms with van der Waals surface area (Å²) in [7, 11) is 0. The Labute approximate surface area is 103 Å². The van der Waals surface area contributed by atoms with E-state index in [-0.39, 0.29) is 18.9 Å². The molecule has 0 bridgehead atoms. The average molecular weight is 260 g/mol. The Morgan fingerprint density at radius 3 is 2.56 bits per heavy atom. The Balaban J connectivity index is 2.40. The molecule has 0 saturated heterocycles. The van der Waals surface area contributed by atoms with Crippen molar-refractivity contribution in [3.05, 3.63) is 24.3 Å². The molecule has 0 saturated carbocycles. The lowest BCUT2D eigenvalue weighted by Crippen LogP contribution is -2.11. The summed E-state index contributed by atoms with van der Waals surface area (Å²) < 4.78 is 35.7. The van der Waals surface area contributed by atoms with Crippen molar-refractivity contribution in [2.75, 3.05) is 17.2 Å². The predicted octanol–water partition coefficient (Wildman–Crippen LogP) is 3.40. The number of rotatable bonds is 5. The van der Waals surface area contributed by atoms with Crippen molar-refractivity contribution in [3.8, 4) is 0 Å². The SMILES string of the molecule is CC(=O)Nc1cccc(NCCCC(F)(F)F)c1. The Morgan fingerprint density at radius 2 is 1.94 bits per heavy atom. The van der Waals surface area contributed by atoms with Gasteiger partial charge in [-0.15, -0.1) is 0 Å². The normalized spacial score (nSPS) is 11.1. The van der Waals surface area contributed by atoms with E-state index in [0.717, 1.165) is 0 Å². The largest absolute Gasteiger partial charge is 0.389 e. The summed E-state index contributed by atoms with van der Waals surface area (Å²) in [6.45, 7) is 1.63. The van der Waals surface area contributed by atoms with E-state index >= 15 is 0 Å². The van der Waals surface area contributed by atoms with E-state index in [4.69, 9.17) is 0 Å². The first kappa shape index (κ1) is 14.3. The Morgan fingerprint density at radius 1 is 1.28 bits per heavy atom. The van der Waals surface area contributed by atoms with Gasteiger partial charge in [0.1, 0.15) is 0 Å². The Bertz CT molecular complexity index is 405. The van der Waals surface area contributed by atoms with Crippen molar-refractivity contribution < 1.29 is 18.0 Å². The van der Waals surface area contributed by atoms with Crippen LogP contribution in [0.3, 0.4) is 0 Å². The molecule has 0 fully saturated rings. The summed E-state index contributed by atoms with van der Waals surface area (Å²) in [5.41, 5.74) is 1.30. The molecule has 0 heterocycles. The fourth-order valence-corrected chi connectivity index (χ4v) is 1.43. The lowest BCUT2D eigenvalue weighted by atomic mass is 10.2. The van der Waals surface area contributed by atoms with Crippen LogP contribution in [0.25, 0.3) is 0 Å². The van der Waals surface area contributed by atoms with Gasteiger partial charge in [-0.05, 0) is 24.6 Å². The summed E-state index contributed by atoms with van der Waals surface area (Å²) in [5, 5.41) is 5.48. The van der Waals surface area contributed by atoms with Gasteiger partial charge in [0, 0.05) is 31.3 Å². The van der Waals surface area contributed by atoms with Gasteiger partial charge in [0.15, 0.2) is 0 Å². The van der Waals surface area contributed by atoms with Crippen molar-refractivity contribution >= 4 is 17.3 Å². The molecule has 0 aliphatic heterocycles. The third-order valence-corrected chi connectivity index (χ3v) is 2.15. The molecule has 0 unspecified atom stereocenters. The van der Waals surface area contributed by atoms with E-state index < -0.39 is 12.6 Å². The summed E-state index contributed by atoms with van der Waals surface area (Å²) in [6.07, 6.45) is -4.89. The molecule has 1 rings (SSSR count). The van der Waals surface area contributed by atoms with Crippen molar-refractivity contribution in [1.82, 2.24) is 0 Å². The highest BCUT2D eigenvalue weighted by Gasteiger charge is 2.25.